The normalized spacial score (nSPS) is 17.2. The van der Waals surface area contributed by atoms with Gasteiger partial charge in [-0.2, -0.15) is 4.98 Å². The van der Waals surface area contributed by atoms with Crippen molar-refractivity contribution in [3.05, 3.63) is 41.0 Å². The molecule has 1 aromatic carbocycles. The zero-order chi connectivity index (χ0) is 16.9. The van der Waals surface area contributed by atoms with Gasteiger partial charge in [-0.25, -0.2) is 0 Å². The molecule has 0 unspecified atom stereocenters. The summed E-state index contributed by atoms with van der Waals surface area (Å²) in [6.07, 6.45) is 1.71. The maximum atomic E-state index is 12.4. The lowest BCUT2D eigenvalue weighted by atomic mass is 10.0. The van der Waals surface area contributed by atoms with E-state index in [1.807, 2.05) is 26.0 Å². The van der Waals surface area contributed by atoms with Gasteiger partial charge in [0.15, 0.2) is 11.6 Å². The topological polar surface area (TPSA) is 74.5 Å². The predicted molar refractivity (Wildman–Crippen MR) is 87.5 cm³/mol. The molecule has 1 fully saturated rings. The minimum absolute atomic E-state index is 0.0603. The van der Waals surface area contributed by atoms with Gasteiger partial charge in [0, 0.05) is 30.9 Å². The van der Waals surface area contributed by atoms with Crippen LogP contribution >= 0.6 is 0 Å². The zero-order valence-electron chi connectivity index (χ0n) is 14.1. The predicted octanol–water partition coefficient (Wildman–Crippen LogP) is 3.10. The molecule has 0 radical (unpaired) electrons. The first kappa shape index (κ1) is 16.6. The van der Waals surface area contributed by atoms with Gasteiger partial charge in [0.25, 0.3) is 0 Å². The number of rotatable bonds is 7. The van der Waals surface area contributed by atoms with Crippen molar-refractivity contribution in [3.8, 4) is 5.75 Å². The molecule has 3 rings (SSSR count). The van der Waals surface area contributed by atoms with E-state index in [0.717, 1.165) is 24.3 Å². The monoisotopic (exact) mass is 330 g/mol. The van der Waals surface area contributed by atoms with Crippen molar-refractivity contribution in [1.82, 2.24) is 10.1 Å². The third-order valence-corrected chi connectivity index (χ3v) is 4.14. The molecule has 1 saturated heterocycles. The minimum atomic E-state index is 0.0603. The first-order valence-electron chi connectivity index (χ1n) is 8.34. The second-order valence-electron chi connectivity index (χ2n) is 5.94. The summed E-state index contributed by atoms with van der Waals surface area (Å²) in [6.45, 7) is 5.87. The molecule has 0 saturated carbocycles. The van der Waals surface area contributed by atoms with Crippen molar-refractivity contribution in [2.45, 2.75) is 39.0 Å². The highest BCUT2D eigenvalue weighted by Crippen LogP contribution is 2.23. The van der Waals surface area contributed by atoms with Gasteiger partial charge in [-0.05, 0) is 44.0 Å². The van der Waals surface area contributed by atoms with E-state index < -0.39 is 0 Å². The average molecular weight is 330 g/mol. The van der Waals surface area contributed by atoms with E-state index in [9.17, 15) is 4.79 Å². The number of ketones is 1. The van der Waals surface area contributed by atoms with Gasteiger partial charge in [-0.1, -0.05) is 5.16 Å². The highest BCUT2D eigenvalue weighted by atomic mass is 16.5. The molecule has 1 atom stereocenters. The van der Waals surface area contributed by atoms with Crippen molar-refractivity contribution in [2.24, 2.45) is 0 Å². The minimum Gasteiger partial charge on any atom is -0.494 e. The molecule has 128 valence electrons. The number of hydrogen-bond acceptors (Lipinski definition) is 6. The standard InChI is InChI=1S/C18H22N2O4/c1-3-23-16-6-4-13(10-12(16)2)15(21)5-7-17-19-18(20-24-17)14-8-9-22-11-14/h4,6,10,14H,3,5,7-9,11H2,1-2H3/t14-/m0/s1. The number of ether oxygens (including phenoxy) is 2. The molecule has 2 heterocycles. The van der Waals surface area contributed by atoms with Gasteiger partial charge in [0.2, 0.25) is 5.89 Å². The number of carbonyl (C=O) groups is 1. The summed E-state index contributed by atoms with van der Waals surface area (Å²) in [6, 6.07) is 5.51. The molecule has 0 spiro atoms. The van der Waals surface area contributed by atoms with Crippen LogP contribution in [0.2, 0.25) is 0 Å². The van der Waals surface area contributed by atoms with Crippen LogP contribution in [0.3, 0.4) is 0 Å². The molecule has 1 aromatic heterocycles. The lowest BCUT2D eigenvalue weighted by molar-refractivity contribution is 0.0979. The van der Waals surface area contributed by atoms with Crippen LogP contribution in [0, 0.1) is 6.92 Å². The summed E-state index contributed by atoms with van der Waals surface area (Å²) in [4.78, 5) is 16.7. The molecular weight excluding hydrogens is 308 g/mol. The summed E-state index contributed by atoms with van der Waals surface area (Å²) >= 11 is 0. The average Bonchev–Trinajstić information content (AvgIpc) is 3.25. The van der Waals surface area contributed by atoms with Gasteiger partial charge in [-0.3, -0.25) is 4.79 Å². The summed E-state index contributed by atoms with van der Waals surface area (Å²) < 4.78 is 16.1. The Labute approximate surface area is 141 Å². The molecule has 24 heavy (non-hydrogen) atoms. The van der Waals surface area contributed by atoms with Gasteiger partial charge < -0.3 is 14.0 Å². The van der Waals surface area contributed by atoms with Crippen molar-refractivity contribution in [3.63, 3.8) is 0 Å². The summed E-state index contributed by atoms with van der Waals surface area (Å²) in [5.41, 5.74) is 1.64. The molecule has 0 bridgehead atoms. The Bertz CT molecular complexity index is 705. The van der Waals surface area contributed by atoms with Crippen LogP contribution in [0.1, 0.15) is 53.3 Å². The maximum Gasteiger partial charge on any atom is 0.227 e. The Kier molecular flexibility index (Phi) is 5.25. The molecule has 0 N–H and O–H groups in total. The molecule has 0 aliphatic carbocycles. The smallest absolute Gasteiger partial charge is 0.227 e. The molecular formula is C18H22N2O4. The van der Waals surface area contributed by atoms with Crippen molar-refractivity contribution >= 4 is 5.78 Å². The molecule has 1 aliphatic heterocycles. The number of nitrogens with zero attached hydrogens (tertiary/aromatic N) is 2. The van der Waals surface area contributed by atoms with Gasteiger partial charge in [-0.15, -0.1) is 0 Å². The lowest BCUT2D eigenvalue weighted by Crippen LogP contribution is -2.04. The first-order chi connectivity index (χ1) is 11.7. The number of carbonyl (C=O) groups excluding carboxylic acids is 1. The number of aryl methyl sites for hydroxylation is 2. The van der Waals surface area contributed by atoms with E-state index >= 15 is 0 Å². The summed E-state index contributed by atoms with van der Waals surface area (Å²) in [5.74, 6) is 2.28. The van der Waals surface area contributed by atoms with Crippen LogP contribution < -0.4 is 4.74 Å². The SMILES string of the molecule is CCOc1ccc(C(=O)CCc2nc([C@H]3CCOC3)no2)cc1C. The fraction of sp³-hybridized carbons (Fsp3) is 0.500. The van der Waals surface area contributed by atoms with E-state index in [2.05, 4.69) is 10.1 Å². The van der Waals surface area contributed by atoms with Crippen molar-refractivity contribution in [1.29, 1.82) is 0 Å². The van der Waals surface area contributed by atoms with E-state index in [4.69, 9.17) is 14.0 Å². The van der Waals surface area contributed by atoms with Crippen LogP contribution in [0.4, 0.5) is 0 Å². The Balaban J connectivity index is 1.58. The quantitative estimate of drug-likeness (QED) is 0.726. The van der Waals surface area contributed by atoms with Crippen LogP contribution in [0.15, 0.2) is 22.7 Å². The number of benzene rings is 1. The molecule has 1 aliphatic rings. The summed E-state index contributed by atoms with van der Waals surface area (Å²) in [5, 5.41) is 4.00. The highest BCUT2D eigenvalue weighted by Gasteiger charge is 2.23. The fourth-order valence-electron chi connectivity index (χ4n) is 2.78. The second-order valence-corrected chi connectivity index (χ2v) is 5.94. The van der Waals surface area contributed by atoms with Crippen LogP contribution in [-0.2, 0) is 11.2 Å². The molecule has 6 heteroatoms. The number of Topliss-reactive ketones (excluding diaryl/α,β-unsaturated/α-hetero) is 1. The van der Waals surface area contributed by atoms with Crippen LogP contribution in [0.25, 0.3) is 0 Å². The van der Waals surface area contributed by atoms with E-state index in [1.165, 1.54) is 0 Å². The number of aromatic nitrogens is 2. The van der Waals surface area contributed by atoms with Crippen LogP contribution in [0.5, 0.6) is 5.75 Å². The molecule has 0 amide bonds. The third-order valence-electron chi connectivity index (χ3n) is 4.14. The highest BCUT2D eigenvalue weighted by molar-refractivity contribution is 5.96. The van der Waals surface area contributed by atoms with E-state index in [0.29, 0.717) is 43.3 Å². The Morgan fingerprint density at radius 1 is 1.42 bits per heavy atom. The lowest BCUT2D eigenvalue weighted by Gasteiger charge is -2.08. The first-order valence-corrected chi connectivity index (χ1v) is 8.34. The van der Waals surface area contributed by atoms with Crippen molar-refractivity contribution in [2.75, 3.05) is 19.8 Å². The maximum absolute atomic E-state index is 12.4. The van der Waals surface area contributed by atoms with Gasteiger partial charge >= 0.3 is 0 Å². The Morgan fingerprint density at radius 2 is 2.29 bits per heavy atom. The van der Waals surface area contributed by atoms with Gasteiger partial charge in [0.1, 0.15) is 5.75 Å². The van der Waals surface area contributed by atoms with E-state index in [-0.39, 0.29) is 11.7 Å². The Hall–Kier alpha value is -2.21. The zero-order valence-corrected chi connectivity index (χ0v) is 14.1. The van der Waals surface area contributed by atoms with Crippen LogP contribution in [-0.4, -0.2) is 35.7 Å². The van der Waals surface area contributed by atoms with Crippen molar-refractivity contribution < 1.29 is 18.8 Å². The second kappa shape index (κ2) is 7.57. The van der Waals surface area contributed by atoms with Gasteiger partial charge in [0.05, 0.1) is 13.2 Å². The largest absolute Gasteiger partial charge is 0.494 e. The fourth-order valence-corrected chi connectivity index (χ4v) is 2.78. The third kappa shape index (κ3) is 3.82. The number of hydrogen-bond donors (Lipinski definition) is 0. The Morgan fingerprint density at radius 3 is 3.00 bits per heavy atom. The van der Waals surface area contributed by atoms with E-state index in [1.54, 1.807) is 6.07 Å². The molecule has 2 aromatic rings. The summed E-state index contributed by atoms with van der Waals surface area (Å²) in [7, 11) is 0. The molecule has 6 nitrogen and oxygen atoms in total.